The van der Waals surface area contributed by atoms with Crippen molar-refractivity contribution in [3.8, 4) is 11.5 Å². The molecule has 7 nitrogen and oxygen atoms in total. The predicted molar refractivity (Wildman–Crippen MR) is 108 cm³/mol. The SMILES string of the molecule is COc1ccccc1OC[C@@H](C)NC(=O)[C@H](c1ccccc1)N(C)S(C)(=O)=O. The van der Waals surface area contributed by atoms with Crippen molar-refractivity contribution in [1.82, 2.24) is 9.62 Å². The van der Waals surface area contributed by atoms with Crippen LogP contribution in [0.4, 0.5) is 0 Å². The lowest BCUT2D eigenvalue weighted by Gasteiger charge is -2.27. The van der Waals surface area contributed by atoms with Crippen LogP contribution in [-0.2, 0) is 14.8 Å². The molecule has 0 bridgehead atoms. The van der Waals surface area contributed by atoms with E-state index in [0.717, 1.165) is 10.6 Å². The molecule has 0 aliphatic heterocycles. The molecule has 8 heteroatoms. The van der Waals surface area contributed by atoms with Crippen LogP contribution in [0.2, 0.25) is 0 Å². The molecule has 0 aliphatic carbocycles. The van der Waals surface area contributed by atoms with E-state index in [1.807, 2.05) is 18.2 Å². The predicted octanol–water partition coefficient (Wildman–Crippen LogP) is 2.21. The molecule has 2 aromatic rings. The summed E-state index contributed by atoms with van der Waals surface area (Å²) < 4.78 is 36.1. The Bertz CT molecular complexity index is 886. The number of carbonyl (C=O) groups excluding carboxylic acids is 1. The minimum atomic E-state index is -3.57. The Morgan fingerprint density at radius 2 is 1.64 bits per heavy atom. The number of amides is 1. The number of rotatable bonds is 9. The van der Waals surface area contributed by atoms with Gasteiger partial charge in [-0.15, -0.1) is 0 Å². The summed E-state index contributed by atoms with van der Waals surface area (Å²) >= 11 is 0. The zero-order valence-electron chi connectivity index (χ0n) is 16.5. The van der Waals surface area contributed by atoms with Crippen LogP contribution in [0.1, 0.15) is 18.5 Å². The Hall–Kier alpha value is -2.58. The summed E-state index contributed by atoms with van der Waals surface area (Å²) in [5.74, 6) is 0.745. The molecule has 0 unspecified atom stereocenters. The third-order valence-electron chi connectivity index (χ3n) is 4.20. The van der Waals surface area contributed by atoms with E-state index < -0.39 is 22.0 Å². The molecule has 1 N–H and O–H groups in total. The van der Waals surface area contributed by atoms with Gasteiger partial charge in [0.25, 0.3) is 0 Å². The largest absolute Gasteiger partial charge is 0.493 e. The van der Waals surface area contributed by atoms with E-state index >= 15 is 0 Å². The molecule has 0 saturated heterocycles. The van der Waals surface area contributed by atoms with Gasteiger partial charge < -0.3 is 14.8 Å². The number of benzene rings is 2. The summed E-state index contributed by atoms with van der Waals surface area (Å²) in [6.07, 6.45) is 1.07. The lowest BCUT2D eigenvalue weighted by Crippen LogP contribution is -2.45. The molecule has 28 heavy (non-hydrogen) atoms. The van der Waals surface area contributed by atoms with Gasteiger partial charge in [-0.1, -0.05) is 42.5 Å². The average Bonchev–Trinajstić information content (AvgIpc) is 2.66. The molecule has 0 fully saturated rings. The fourth-order valence-electron chi connectivity index (χ4n) is 2.67. The monoisotopic (exact) mass is 406 g/mol. The first kappa shape index (κ1) is 21.7. The van der Waals surface area contributed by atoms with E-state index in [-0.39, 0.29) is 12.6 Å². The van der Waals surface area contributed by atoms with Gasteiger partial charge in [-0.3, -0.25) is 4.79 Å². The van der Waals surface area contributed by atoms with Crippen molar-refractivity contribution >= 4 is 15.9 Å². The maximum Gasteiger partial charge on any atom is 0.243 e. The van der Waals surface area contributed by atoms with Crippen LogP contribution in [0.3, 0.4) is 0 Å². The lowest BCUT2D eigenvalue weighted by atomic mass is 10.1. The average molecular weight is 407 g/mol. The van der Waals surface area contributed by atoms with Gasteiger partial charge in [-0.2, -0.15) is 4.31 Å². The van der Waals surface area contributed by atoms with Crippen molar-refractivity contribution in [2.45, 2.75) is 19.0 Å². The van der Waals surface area contributed by atoms with Crippen molar-refractivity contribution in [3.63, 3.8) is 0 Å². The molecule has 0 saturated carbocycles. The molecule has 0 spiro atoms. The van der Waals surface area contributed by atoms with Gasteiger partial charge in [0.2, 0.25) is 15.9 Å². The highest BCUT2D eigenvalue weighted by Crippen LogP contribution is 2.26. The normalized spacial score (nSPS) is 13.6. The summed E-state index contributed by atoms with van der Waals surface area (Å²) in [6.45, 7) is 1.99. The van der Waals surface area contributed by atoms with Crippen molar-refractivity contribution in [2.24, 2.45) is 0 Å². The first-order valence-corrected chi connectivity index (χ1v) is 10.6. The van der Waals surface area contributed by atoms with E-state index in [9.17, 15) is 13.2 Å². The van der Waals surface area contributed by atoms with Crippen molar-refractivity contribution in [3.05, 3.63) is 60.2 Å². The fraction of sp³-hybridized carbons (Fsp3) is 0.350. The fourth-order valence-corrected chi connectivity index (χ4v) is 3.27. The second-order valence-corrected chi connectivity index (χ2v) is 8.51. The molecule has 2 atom stereocenters. The molecule has 0 aromatic heterocycles. The maximum atomic E-state index is 12.9. The highest BCUT2D eigenvalue weighted by molar-refractivity contribution is 7.88. The zero-order valence-corrected chi connectivity index (χ0v) is 17.3. The standard InChI is InChI=1S/C20H26N2O5S/c1-15(14-27-18-13-9-8-12-17(18)26-3)21-20(23)19(22(2)28(4,24)25)16-10-6-5-7-11-16/h5-13,15,19H,14H2,1-4H3,(H,21,23)/t15-,19+/m1/s1. The van der Waals surface area contributed by atoms with Crippen LogP contribution < -0.4 is 14.8 Å². The summed E-state index contributed by atoms with van der Waals surface area (Å²) in [5, 5.41) is 2.83. The molecule has 2 rings (SSSR count). The van der Waals surface area contributed by atoms with Crippen LogP contribution in [-0.4, -0.2) is 51.7 Å². The number of para-hydroxylation sites is 2. The van der Waals surface area contributed by atoms with Crippen molar-refractivity contribution in [2.75, 3.05) is 27.0 Å². The Morgan fingerprint density at radius 1 is 1.07 bits per heavy atom. The number of nitrogens with zero attached hydrogens (tertiary/aromatic N) is 1. The van der Waals surface area contributed by atoms with Crippen LogP contribution >= 0.6 is 0 Å². The number of hydrogen-bond acceptors (Lipinski definition) is 5. The third-order valence-corrected chi connectivity index (χ3v) is 5.45. The van der Waals surface area contributed by atoms with E-state index in [4.69, 9.17) is 9.47 Å². The first-order valence-electron chi connectivity index (χ1n) is 8.78. The number of ether oxygens (including phenoxy) is 2. The Labute approximate surface area is 166 Å². The topological polar surface area (TPSA) is 84.9 Å². The third kappa shape index (κ3) is 5.71. The van der Waals surface area contributed by atoms with E-state index in [0.29, 0.717) is 17.1 Å². The van der Waals surface area contributed by atoms with Gasteiger partial charge in [0, 0.05) is 7.05 Å². The van der Waals surface area contributed by atoms with Gasteiger partial charge in [0.05, 0.1) is 19.4 Å². The van der Waals surface area contributed by atoms with Crippen molar-refractivity contribution in [1.29, 1.82) is 0 Å². The van der Waals surface area contributed by atoms with Gasteiger partial charge in [-0.05, 0) is 24.6 Å². The first-order chi connectivity index (χ1) is 13.2. The molecule has 0 radical (unpaired) electrons. The maximum absolute atomic E-state index is 12.9. The second-order valence-electron chi connectivity index (χ2n) is 6.46. The Morgan fingerprint density at radius 3 is 2.21 bits per heavy atom. The summed E-state index contributed by atoms with van der Waals surface area (Å²) in [5.41, 5.74) is 0.589. The number of likely N-dealkylation sites (N-methyl/N-ethyl adjacent to an activating group) is 1. The Balaban J connectivity index is 2.10. The van der Waals surface area contributed by atoms with Gasteiger partial charge in [0.1, 0.15) is 12.6 Å². The quantitative estimate of drug-likeness (QED) is 0.690. The van der Waals surface area contributed by atoms with E-state index in [1.165, 1.54) is 7.05 Å². The second kappa shape index (κ2) is 9.57. The summed E-state index contributed by atoms with van der Waals surface area (Å²) in [6, 6.07) is 14.7. The molecular formula is C20H26N2O5S. The molecule has 1 amide bonds. The van der Waals surface area contributed by atoms with Crippen molar-refractivity contribution < 1.29 is 22.7 Å². The van der Waals surface area contributed by atoms with Crippen LogP contribution in [0.5, 0.6) is 11.5 Å². The number of carbonyl (C=O) groups is 1. The number of hydrogen-bond donors (Lipinski definition) is 1. The molecule has 152 valence electrons. The summed E-state index contributed by atoms with van der Waals surface area (Å²) in [4.78, 5) is 12.9. The number of nitrogens with one attached hydrogen (secondary N) is 1. The molecule has 0 heterocycles. The minimum Gasteiger partial charge on any atom is -0.493 e. The highest BCUT2D eigenvalue weighted by atomic mass is 32.2. The highest BCUT2D eigenvalue weighted by Gasteiger charge is 2.31. The van der Waals surface area contributed by atoms with Gasteiger partial charge in [-0.25, -0.2) is 8.42 Å². The van der Waals surface area contributed by atoms with Crippen LogP contribution in [0.15, 0.2) is 54.6 Å². The zero-order chi connectivity index (χ0) is 20.7. The number of sulfonamides is 1. The summed E-state index contributed by atoms with van der Waals surface area (Å²) in [7, 11) is -0.625. The molecule has 0 aliphatic rings. The number of methoxy groups -OCH3 is 1. The van der Waals surface area contributed by atoms with Crippen LogP contribution in [0.25, 0.3) is 0 Å². The minimum absolute atomic E-state index is 0.205. The van der Waals surface area contributed by atoms with Crippen LogP contribution in [0, 0.1) is 0 Å². The van der Waals surface area contributed by atoms with Gasteiger partial charge in [0.15, 0.2) is 11.5 Å². The van der Waals surface area contributed by atoms with Gasteiger partial charge >= 0.3 is 0 Å². The van der Waals surface area contributed by atoms with E-state index in [1.54, 1.807) is 50.4 Å². The smallest absolute Gasteiger partial charge is 0.243 e. The molecular weight excluding hydrogens is 380 g/mol. The lowest BCUT2D eigenvalue weighted by molar-refractivity contribution is -0.125. The molecule has 2 aromatic carbocycles. The van der Waals surface area contributed by atoms with E-state index in [2.05, 4.69) is 5.32 Å². The Kier molecular flexibility index (Phi) is 7.42.